The fourth-order valence-corrected chi connectivity index (χ4v) is 3.08. The molecular weight excluding hydrogens is 222 g/mol. The minimum Gasteiger partial charge on any atom is -0.374 e. The Morgan fingerprint density at radius 2 is 1.72 bits per heavy atom. The van der Waals surface area contributed by atoms with Crippen molar-refractivity contribution in [3.05, 3.63) is 47.2 Å². The van der Waals surface area contributed by atoms with Crippen molar-refractivity contribution in [3.63, 3.8) is 0 Å². The Bertz CT molecular complexity index is 475. The van der Waals surface area contributed by atoms with Gasteiger partial charge in [0.05, 0.1) is 0 Å². The number of ketones is 1. The van der Waals surface area contributed by atoms with Gasteiger partial charge in [-0.1, -0.05) is 30.3 Å². The van der Waals surface area contributed by atoms with Gasteiger partial charge in [0.1, 0.15) is 0 Å². The lowest BCUT2D eigenvalue weighted by molar-refractivity contribution is 0.101. The van der Waals surface area contributed by atoms with Gasteiger partial charge in [0.25, 0.3) is 0 Å². The van der Waals surface area contributed by atoms with Crippen molar-refractivity contribution >= 4 is 5.78 Å². The zero-order valence-electron chi connectivity index (χ0n) is 10.7. The summed E-state index contributed by atoms with van der Waals surface area (Å²) in [5.41, 5.74) is 3.25. The Morgan fingerprint density at radius 1 is 0.944 bits per heavy atom. The van der Waals surface area contributed by atoms with Crippen LogP contribution in [-0.4, -0.2) is 23.8 Å². The molecule has 0 unspecified atom stereocenters. The van der Waals surface area contributed by atoms with E-state index < -0.39 is 0 Å². The summed E-state index contributed by atoms with van der Waals surface area (Å²) in [5.74, 6) is 0.247. The average molecular weight is 241 g/mol. The van der Waals surface area contributed by atoms with Crippen molar-refractivity contribution in [2.75, 3.05) is 13.1 Å². The number of hydrogen-bond acceptors (Lipinski definition) is 2. The number of carbonyl (C=O) groups is 1. The molecule has 2 nitrogen and oxygen atoms in total. The summed E-state index contributed by atoms with van der Waals surface area (Å²) in [4.78, 5) is 15.0. The van der Waals surface area contributed by atoms with Gasteiger partial charge < -0.3 is 4.90 Å². The highest BCUT2D eigenvalue weighted by molar-refractivity contribution is 6.09. The summed E-state index contributed by atoms with van der Waals surface area (Å²) in [6.45, 7) is 2.28. The minimum absolute atomic E-state index is 0.247. The Morgan fingerprint density at radius 3 is 2.56 bits per heavy atom. The van der Waals surface area contributed by atoms with Gasteiger partial charge in [0.15, 0.2) is 5.78 Å². The molecule has 0 aliphatic carbocycles. The first-order valence-corrected chi connectivity index (χ1v) is 6.93. The van der Waals surface area contributed by atoms with Crippen LogP contribution < -0.4 is 0 Å². The average Bonchev–Trinajstić information content (AvgIpc) is 2.47. The number of carbonyl (C=O) groups excluding carboxylic acids is 1. The molecule has 2 aliphatic rings. The molecule has 2 aliphatic heterocycles. The van der Waals surface area contributed by atoms with Crippen LogP contribution in [0.5, 0.6) is 0 Å². The Balaban J connectivity index is 1.94. The molecule has 94 valence electrons. The van der Waals surface area contributed by atoms with Crippen LogP contribution in [0.15, 0.2) is 41.6 Å². The normalized spacial score (nSPS) is 19.7. The van der Waals surface area contributed by atoms with Crippen LogP contribution in [0.25, 0.3) is 0 Å². The molecule has 0 saturated carbocycles. The first-order chi connectivity index (χ1) is 8.86. The standard InChI is InChI=1S/C16H19NO/c18-16(13-7-2-1-3-8-13)14-9-6-12-17-11-5-4-10-15(14)17/h1-3,7-8H,4-6,9-12H2. The molecule has 0 bridgehead atoms. The fraction of sp³-hybridized carbons (Fsp3) is 0.438. The number of benzene rings is 1. The van der Waals surface area contributed by atoms with E-state index >= 15 is 0 Å². The Hall–Kier alpha value is -1.57. The second-order valence-electron chi connectivity index (χ2n) is 5.17. The van der Waals surface area contributed by atoms with E-state index in [1.807, 2.05) is 30.3 Å². The van der Waals surface area contributed by atoms with Crippen molar-refractivity contribution in [2.24, 2.45) is 0 Å². The van der Waals surface area contributed by atoms with E-state index in [0.29, 0.717) is 0 Å². The minimum atomic E-state index is 0.247. The molecule has 0 radical (unpaired) electrons. The number of hydrogen-bond donors (Lipinski definition) is 0. The quantitative estimate of drug-likeness (QED) is 0.740. The third-order valence-electron chi connectivity index (χ3n) is 3.99. The molecule has 2 heterocycles. The van der Waals surface area contributed by atoms with Gasteiger partial charge in [-0.3, -0.25) is 4.79 Å². The molecule has 1 fully saturated rings. The molecule has 2 heteroatoms. The second-order valence-corrected chi connectivity index (χ2v) is 5.17. The summed E-state index contributed by atoms with van der Waals surface area (Å²) >= 11 is 0. The smallest absolute Gasteiger partial charge is 0.190 e. The molecule has 3 rings (SSSR count). The van der Waals surface area contributed by atoms with Crippen LogP contribution >= 0.6 is 0 Å². The van der Waals surface area contributed by atoms with Gasteiger partial charge in [0.2, 0.25) is 0 Å². The highest BCUT2D eigenvalue weighted by Gasteiger charge is 2.26. The van der Waals surface area contributed by atoms with E-state index in [9.17, 15) is 4.79 Å². The van der Waals surface area contributed by atoms with Gasteiger partial charge in [0, 0.05) is 29.9 Å². The van der Waals surface area contributed by atoms with Gasteiger partial charge in [-0.05, 0) is 32.1 Å². The molecule has 0 N–H and O–H groups in total. The molecule has 18 heavy (non-hydrogen) atoms. The molecule has 0 amide bonds. The van der Waals surface area contributed by atoms with Crippen LogP contribution in [0.1, 0.15) is 42.5 Å². The van der Waals surface area contributed by atoms with Crippen molar-refractivity contribution < 1.29 is 4.79 Å². The zero-order chi connectivity index (χ0) is 12.4. The van der Waals surface area contributed by atoms with Crippen LogP contribution in [0.3, 0.4) is 0 Å². The number of rotatable bonds is 2. The van der Waals surface area contributed by atoms with Crippen molar-refractivity contribution in [1.29, 1.82) is 0 Å². The van der Waals surface area contributed by atoms with Crippen LogP contribution in [0, 0.1) is 0 Å². The van der Waals surface area contributed by atoms with Crippen molar-refractivity contribution in [1.82, 2.24) is 4.90 Å². The second kappa shape index (κ2) is 4.97. The number of allylic oxidation sites excluding steroid dienone is 2. The van der Waals surface area contributed by atoms with E-state index in [4.69, 9.17) is 0 Å². The van der Waals surface area contributed by atoms with Crippen LogP contribution in [0.2, 0.25) is 0 Å². The highest BCUT2D eigenvalue weighted by Crippen LogP contribution is 2.31. The molecule has 1 aromatic carbocycles. The summed E-state index contributed by atoms with van der Waals surface area (Å²) in [5, 5.41) is 0. The molecule has 0 spiro atoms. The van der Waals surface area contributed by atoms with Crippen molar-refractivity contribution in [3.8, 4) is 0 Å². The SMILES string of the molecule is O=C(C1=C2CCCCN2CCC1)c1ccccc1. The summed E-state index contributed by atoms with van der Waals surface area (Å²) in [6, 6.07) is 9.71. The van der Waals surface area contributed by atoms with E-state index in [-0.39, 0.29) is 5.78 Å². The topological polar surface area (TPSA) is 20.3 Å². The van der Waals surface area contributed by atoms with E-state index in [0.717, 1.165) is 43.5 Å². The van der Waals surface area contributed by atoms with Crippen molar-refractivity contribution in [2.45, 2.75) is 32.1 Å². The predicted octanol–water partition coefficient (Wildman–Crippen LogP) is 3.40. The Kier molecular flexibility index (Phi) is 3.18. The summed E-state index contributed by atoms with van der Waals surface area (Å²) < 4.78 is 0. The highest BCUT2D eigenvalue weighted by atomic mass is 16.1. The van der Waals surface area contributed by atoms with E-state index in [1.165, 1.54) is 18.5 Å². The van der Waals surface area contributed by atoms with Gasteiger partial charge in [-0.25, -0.2) is 0 Å². The van der Waals surface area contributed by atoms with Gasteiger partial charge in [-0.15, -0.1) is 0 Å². The lowest BCUT2D eigenvalue weighted by atomic mass is 9.90. The lowest BCUT2D eigenvalue weighted by Gasteiger charge is -2.37. The van der Waals surface area contributed by atoms with E-state index in [2.05, 4.69) is 4.90 Å². The molecule has 0 aromatic heterocycles. The maximum Gasteiger partial charge on any atom is 0.190 e. The third-order valence-corrected chi connectivity index (χ3v) is 3.99. The fourth-order valence-electron chi connectivity index (χ4n) is 3.08. The number of piperidine rings is 1. The third kappa shape index (κ3) is 2.07. The predicted molar refractivity (Wildman–Crippen MR) is 72.5 cm³/mol. The van der Waals surface area contributed by atoms with Crippen LogP contribution in [0.4, 0.5) is 0 Å². The maximum atomic E-state index is 12.6. The molecule has 1 aromatic rings. The lowest BCUT2D eigenvalue weighted by Crippen LogP contribution is -2.34. The molecular formula is C16H19NO. The molecule has 0 atom stereocenters. The maximum absolute atomic E-state index is 12.6. The number of fused-ring (bicyclic) bond motifs is 1. The number of nitrogens with zero attached hydrogens (tertiary/aromatic N) is 1. The summed E-state index contributed by atoms with van der Waals surface area (Å²) in [7, 11) is 0. The first kappa shape index (κ1) is 11.5. The number of Topliss-reactive ketones (excluding diaryl/α,β-unsaturated/α-hetero) is 1. The summed E-state index contributed by atoms with van der Waals surface area (Å²) in [6.07, 6.45) is 5.68. The molecule has 1 saturated heterocycles. The largest absolute Gasteiger partial charge is 0.374 e. The monoisotopic (exact) mass is 241 g/mol. The Labute approximate surface area is 108 Å². The van der Waals surface area contributed by atoms with Gasteiger partial charge >= 0.3 is 0 Å². The van der Waals surface area contributed by atoms with Gasteiger partial charge in [-0.2, -0.15) is 0 Å². The zero-order valence-corrected chi connectivity index (χ0v) is 10.7. The van der Waals surface area contributed by atoms with Crippen LogP contribution in [-0.2, 0) is 0 Å². The first-order valence-electron chi connectivity index (χ1n) is 6.93. The van der Waals surface area contributed by atoms with E-state index in [1.54, 1.807) is 0 Å².